The Hall–Kier alpha value is -1.10. The van der Waals surface area contributed by atoms with Crippen LogP contribution in [-0.4, -0.2) is 39.5 Å². The zero-order valence-electron chi connectivity index (χ0n) is 10.1. The van der Waals surface area contributed by atoms with Gasteiger partial charge in [0.1, 0.15) is 5.54 Å². The van der Waals surface area contributed by atoms with E-state index in [4.69, 9.17) is 5.73 Å². The summed E-state index contributed by atoms with van der Waals surface area (Å²) >= 11 is 0. The van der Waals surface area contributed by atoms with Crippen molar-refractivity contribution in [3.8, 4) is 0 Å². The number of hydrogen-bond donors (Lipinski definition) is 2. The lowest BCUT2D eigenvalue weighted by molar-refractivity contribution is -0.158. The summed E-state index contributed by atoms with van der Waals surface area (Å²) in [5.41, 5.74) is 3.69. The van der Waals surface area contributed by atoms with Crippen LogP contribution in [0.15, 0.2) is 0 Å². The highest BCUT2D eigenvalue weighted by Gasteiger charge is 2.50. The fourth-order valence-electron chi connectivity index (χ4n) is 2.26. The van der Waals surface area contributed by atoms with E-state index in [-0.39, 0.29) is 5.91 Å². The Morgan fingerprint density at radius 2 is 2.06 bits per heavy atom. The predicted octanol–water partition coefficient (Wildman–Crippen LogP) is 0.580. The second-order valence-electron chi connectivity index (χ2n) is 4.97. The number of likely N-dealkylation sites (tertiary alicyclic amines) is 1. The molecule has 3 N–H and O–H groups in total. The maximum absolute atomic E-state index is 12.1. The van der Waals surface area contributed by atoms with Gasteiger partial charge in [-0.2, -0.15) is 0 Å². The van der Waals surface area contributed by atoms with E-state index < -0.39 is 17.0 Å². The zero-order valence-corrected chi connectivity index (χ0v) is 10.1. The topological polar surface area (TPSA) is 83.6 Å². The number of carbonyl (C=O) groups is 2. The molecule has 0 aliphatic carbocycles. The molecule has 1 unspecified atom stereocenters. The molecule has 1 aliphatic heterocycles. The van der Waals surface area contributed by atoms with Gasteiger partial charge in [-0.25, -0.2) is 4.79 Å². The van der Waals surface area contributed by atoms with Crippen LogP contribution in [-0.2, 0) is 9.59 Å². The predicted molar refractivity (Wildman–Crippen MR) is 59.9 cm³/mol. The van der Waals surface area contributed by atoms with Crippen molar-refractivity contribution < 1.29 is 14.7 Å². The number of aliphatic carboxylic acids is 1. The summed E-state index contributed by atoms with van der Waals surface area (Å²) in [6.07, 6.45) is 1.66. The van der Waals surface area contributed by atoms with Gasteiger partial charge in [-0.15, -0.1) is 0 Å². The molecule has 1 amide bonds. The number of hydrogen-bond acceptors (Lipinski definition) is 3. The fraction of sp³-hybridized carbons (Fsp3) is 0.818. The lowest BCUT2D eigenvalue weighted by Gasteiger charge is -2.37. The first-order valence-corrected chi connectivity index (χ1v) is 5.60. The highest BCUT2D eigenvalue weighted by atomic mass is 16.4. The minimum Gasteiger partial charge on any atom is -0.479 e. The van der Waals surface area contributed by atoms with Crippen molar-refractivity contribution in [3.63, 3.8) is 0 Å². The quantitative estimate of drug-likeness (QED) is 0.740. The first kappa shape index (κ1) is 13.0. The molecule has 5 nitrogen and oxygen atoms in total. The van der Waals surface area contributed by atoms with Crippen LogP contribution in [0, 0.1) is 0 Å². The van der Waals surface area contributed by atoms with Gasteiger partial charge in [0, 0.05) is 6.54 Å². The monoisotopic (exact) mass is 228 g/mol. The number of carboxylic acids is 1. The number of amides is 1. The van der Waals surface area contributed by atoms with Crippen molar-refractivity contribution in [1.29, 1.82) is 0 Å². The third kappa shape index (κ3) is 1.91. The molecule has 0 aromatic rings. The zero-order chi connectivity index (χ0) is 12.6. The van der Waals surface area contributed by atoms with E-state index in [0.717, 1.165) is 6.42 Å². The second-order valence-corrected chi connectivity index (χ2v) is 4.97. The molecule has 0 aromatic carbocycles. The van der Waals surface area contributed by atoms with Gasteiger partial charge in [-0.05, 0) is 33.1 Å². The minimum atomic E-state index is -1.05. The van der Waals surface area contributed by atoms with E-state index in [0.29, 0.717) is 19.4 Å². The molecular weight excluding hydrogens is 208 g/mol. The Balaban J connectivity index is 3.04. The molecule has 1 saturated heterocycles. The van der Waals surface area contributed by atoms with Crippen molar-refractivity contribution in [2.45, 2.75) is 51.1 Å². The molecule has 92 valence electrons. The van der Waals surface area contributed by atoms with Crippen molar-refractivity contribution in [3.05, 3.63) is 0 Å². The number of carboxylic acid groups (broad SMARTS) is 1. The molecule has 16 heavy (non-hydrogen) atoms. The highest BCUT2D eigenvalue weighted by Crippen LogP contribution is 2.34. The van der Waals surface area contributed by atoms with Gasteiger partial charge in [-0.3, -0.25) is 4.79 Å². The molecule has 1 aliphatic rings. The van der Waals surface area contributed by atoms with Gasteiger partial charge in [0.25, 0.3) is 0 Å². The summed E-state index contributed by atoms with van der Waals surface area (Å²) in [5, 5.41) is 9.31. The van der Waals surface area contributed by atoms with Crippen molar-refractivity contribution in [2.24, 2.45) is 5.73 Å². The van der Waals surface area contributed by atoms with E-state index in [2.05, 4.69) is 0 Å². The number of nitrogens with two attached hydrogens (primary N) is 1. The van der Waals surface area contributed by atoms with Crippen LogP contribution in [0.25, 0.3) is 0 Å². The summed E-state index contributed by atoms with van der Waals surface area (Å²) in [7, 11) is 0. The summed E-state index contributed by atoms with van der Waals surface area (Å²) in [6, 6.07) is 0. The van der Waals surface area contributed by atoms with Crippen LogP contribution in [0.1, 0.15) is 40.0 Å². The Morgan fingerprint density at radius 3 is 2.44 bits per heavy atom. The smallest absolute Gasteiger partial charge is 0.329 e. The van der Waals surface area contributed by atoms with Crippen LogP contribution < -0.4 is 5.73 Å². The summed E-state index contributed by atoms with van der Waals surface area (Å²) in [5.74, 6) is -1.21. The molecule has 0 saturated carbocycles. The van der Waals surface area contributed by atoms with Crippen LogP contribution in [0.5, 0.6) is 0 Å². The second kappa shape index (κ2) is 4.05. The van der Waals surface area contributed by atoms with Crippen molar-refractivity contribution in [2.75, 3.05) is 6.54 Å². The average molecular weight is 228 g/mol. The van der Waals surface area contributed by atoms with Gasteiger partial charge in [0.2, 0.25) is 5.91 Å². The van der Waals surface area contributed by atoms with E-state index >= 15 is 0 Å². The standard InChI is InChI=1S/C11H20N2O3/c1-4-11(9(15)16)6-5-7-13(11)8(14)10(2,3)12/h4-7,12H2,1-3H3,(H,15,16). The third-order valence-electron chi connectivity index (χ3n) is 3.27. The molecular formula is C11H20N2O3. The maximum Gasteiger partial charge on any atom is 0.329 e. The van der Waals surface area contributed by atoms with E-state index in [9.17, 15) is 14.7 Å². The van der Waals surface area contributed by atoms with Gasteiger partial charge in [0.05, 0.1) is 5.54 Å². The summed E-state index contributed by atoms with van der Waals surface area (Å²) in [4.78, 5) is 24.9. The lowest BCUT2D eigenvalue weighted by atomic mass is 9.91. The van der Waals surface area contributed by atoms with Gasteiger partial charge in [-0.1, -0.05) is 6.92 Å². The molecule has 1 atom stereocenters. The summed E-state index contributed by atoms with van der Waals surface area (Å²) in [6.45, 7) is 5.49. The van der Waals surface area contributed by atoms with Gasteiger partial charge < -0.3 is 15.7 Å². The number of nitrogens with zero attached hydrogens (tertiary/aromatic N) is 1. The Kier molecular flexibility index (Phi) is 3.28. The van der Waals surface area contributed by atoms with E-state index in [1.54, 1.807) is 20.8 Å². The molecule has 5 heteroatoms. The third-order valence-corrected chi connectivity index (χ3v) is 3.27. The van der Waals surface area contributed by atoms with E-state index in [1.165, 1.54) is 4.90 Å². The van der Waals surface area contributed by atoms with Gasteiger partial charge >= 0.3 is 5.97 Å². The van der Waals surface area contributed by atoms with Crippen LogP contribution >= 0.6 is 0 Å². The van der Waals surface area contributed by atoms with Crippen molar-refractivity contribution in [1.82, 2.24) is 4.90 Å². The largest absolute Gasteiger partial charge is 0.479 e. The fourth-order valence-corrected chi connectivity index (χ4v) is 2.26. The van der Waals surface area contributed by atoms with Gasteiger partial charge in [0.15, 0.2) is 0 Å². The highest BCUT2D eigenvalue weighted by molar-refractivity contribution is 5.92. The normalized spacial score (nSPS) is 25.9. The Labute approximate surface area is 95.6 Å². The molecule has 1 heterocycles. The Morgan fingerprint density at radius 1 is 1.50 bits per heavy atom. The molecule has 0 spiro atoms. The molecule has 1 rings (SSSR count). The van der Waals surface area contributed by atoms with Crippen LogP contribution in [0.4, 0.5) is 0 Å². The van der Waals surface area contributed by atoms with Crippen LogP contribution in [0.2, 0.25) is 0 Å². The minimum absolute atomic E-state index is 0.283. The average Bonchev–Trinajstić information content (AvgIpc) is 2.59. The van der Waals surface area contributed by atoms with Crippen molar-refractivity contribution >= 4 is 11.9 Å². The molecule has 0 aromatic heterocycles. The Bertz CT molecular complexity index is 309. The summed E-state index contributed by atoms with van der Waals surface area (Å²) < 4.78 is 0. The maximum atomic E-state index is 12.1. The van der Waals surface area contributed by atoms with E-state index in [1.807, 2.05) is 0 Å². The number of carbonyl (C=O) groups excluding carboxylic acids is 1. The molecule has 0 bridgehead atoms. The molecule has 0 radical (unpaired) electrons. The first-order chi connectivity index (χ1) is 7.25. The lowest BCUT2D eigenvalue weighted by Crippen LogP contribution is -2.60. The SMILES string of the molecule is CCC1(C(=O)O)CCCN1C(=O)C(C)(C)N. The van der Waals surface area contributed by atoms with Crippen LogP contribution in [0.3, 0.4) is 0 Å². The molecule has 1 fully saturated rings. The first-order valence-electron chi connectivity index (χ1n) is 5.60. The number of rotatable bonds is 3.